The molecule has 3 N–H and O–H groups in total. The molecule has 0 aliphatic rings. The minimum atomic E-state index is -0.372. The molecular weight excluding hydrogens is 295 g/mol. The highest BCUT2D eigenvalue weighted by atomic mass is 79.9. The van der Waals surface area contributed by atoms with Crippen molar-refractivity contribution in [2.45, 2.75) is 6.92 Å². The Balaban J connectivity index is 2.74. The molecule has 84 valence electrons. The van der Waals surface area contributed by atoms with Gasteiger partial charge in [-0.25, -0.2) is 9.49 Å². The van der Waals surface area contributed by atoms with Crippen LogP contribution in [0.15, 0.2) is 16.6 Å². The highest BCUT2D eigenvalue weighted by Gasteiger charge is 2.11. The topological polar surface area (TPSA) is 59.6 Å². The standard InChI is InChI=1S/C9H8BrFN4S/c1-4-2-5(10)6(11)3-7(4)15-8(12)13-14-9(15)16/h2-3H,1H3,(H2,12,13)(H,14,16). The Morgan fingerprint density at radius 3 is 2.81 bits per heavy atom. The van der Waals surface area contributed by atoms with Crippen LogP contribution in [0.4, 0.5) is 10.3 Å². The predicted molar refractivity (Wildman–Crippen MR) is 65.6 cm³/mol. The van der Waals surface area contributed by atoms with Gasteiger partial charge in [-0.05, 0) is 52.8 Å². The summed E-state index contributed by atoms with van der Waals surface area (Å²) >= 11 is 8.14. The maximum absolute atomic E-state index is 13.4. The number of rotatable bonds is 1. The molecule has 7 heteroatoms. The summed E-state index contributed by atoms with van der Waals surface area (Å²) in [6.07, 6.45) is 0. The van der Waals surface area contributed by atoms with E-state index in [2.05, 4.69) is 26.1 Å². The number of anilines is 1. The normalized spacial score (nSPS) is 10.7. The number of aromatic amines is 1. The van der Waals surface area contributed by atoms with Crippen LogP contribution in [0.5, 0.6) is 0 Å². The molecule has 0 aliphatic heterocycles. The molecule has 0 saturated heterocycles. The van der Waals surface area contributed by atoms with E-state index in [1.165, 1.54) is 10.6 Å². The van der Waals surface area contributed by atoms with Crippen molar-refractivity contribution in [3.8, 4) is 5.69 Å². The van der Waals surface area contributed by atoms with Gasteiger partial charge in [-0.3, -0.25) is 4.57 Å². The Bertz CT molecular complexity index is 604. The Morgan fingerprint density at radius 2 is 2.25 bits per heavy atom. The Hall–Kier alpha value is -1.21. The largest absolute Gasteiger partial charge is 0.368 e. The van der Waals surface area contributed by atoms with Crippen LogP contribution >= 0.6 is 28.1 Å². The summed E-state index contributed by atoms with van der Waals surface area (Å²) in [5, 5.41) is 6.33. The van der Waals surface area contributed by atoms with Gasteiger partial charge in [0.15, 0.2) is 0 Å². The number of nitrogens with zero attached hydrogens (tertiary/aromatic N) is 2. The molecule has 2 rings (SSSR count). The van der Waals surface area contributed by atoms with Crippen LogP contribution < -0.4 is 5.73 Å². The number of nitrogen functional groups attached to an aromatic ring is 1. The van der Waals surface area contributed by atoms with Gasteiger partial charge < -0.3 is 5.73 Å². The van der Waals surface area contributed by atoms with Crippen LogP contribution in [0.2, 0.25) is 0 Å². The zero-order valence-electron chi connectivity index (χ0n) is 8.29. The van der Waals surface area contributed by atoms with Gasteiger partial charge in [-0.2, -0.15) is 0 Å². The second kappa shape index (κ2) is 3.99. The summed E-state index contributed by atoms with van der Waals surface area (Å²) in [6, 6.07) is 3.03. The lowest BCUT2D eigenvalue weighted by molar-refractivity contribution is 0.619. The summed E-state index contributed by atoms with van der Waals surface area (Å²) < 4.78 is 15.7. The molecule has 0 bridgehead atoms. The lowest BCUT2D eigenvalue weighted by Gasteiger charge is -2.08. The van der Waals surface area contributed by atoms with Gasteiger partial charge in [0.25, 0.3) is 0 Å². The summed E-state index contributed by atoms with van der Waals surface area (Å²) in [6.45, 7) is 1.84. The quantitative estimate of drug-likeness (QED) is 0.796. The Labute approximate surface area is 104 Å². The summed E-state index contributed by atoms with van der Waals surface area (Å²) in [4.78, 5) is 0. The molecular formula is C9H8BrFN4S. The second-order valence-corrected chi connectivity index (χ2v) is 4.52. The van der Waals surface area contributed by atoms with Gasteiger partial charge in [0, 0.05) is 0 Å². The van der Waals surface area contributed by atoms with E-state index in [4.69, 9.17) is 18.0 Å². The van der Waals surface area contributed by atoms with E-state index in [0.29, 0.717) is 14.9 Å². The van der Waals surface area contributed by atoms with Gasteiger partial charge in [-0.15, -0.1) is 5.10 Å². The first kappa shape index (κ1) is 11.3. The summed E-state index contributed by atoms with van der Waals surface area (Å²) in [5.41, 5.74) is 7.08. The number of benzene rings is 1. The van der Waals surface area contributed by atoms with Gasteiger partial charge >= 0.3 is 0 Å². The van der Waals surface area contributed by atoms with Crippen molar-refractivity contribution in [1.82, 2.24) is 14.8 Å². The fourth-order valence-electron chi connectivity index (χ4n) is 1.42. The van der Waals surface area contributed by atoms with E-state index in [-0.39, 0.29) is 11.8 Å². The third-order valence-electron chi connectivity index (χ3n) is 2.18. The van der Waals surface area contributed by atoms with Crippen LogP contribution in [0, 0.1) is 17.5 Å². The van der Waals surface area contributed by atoms with Crippen molar-refractivity contribution in [3.63, 3.8) is 0 Å². The van der Waals surface area contributed by atoms with E-state index in [0.717, 1.165) is 5.56 Å². The molecule has 1 aromatic heterocycles. The number of nitrogens with two attached hydrogens (primary N) is 1. The van der Waals surface area contributed by atoms with Gasteiger partial charge in [0.2, 0.25) is 10.7 Å². The minimum Gasteiger partial charge on any atom is -0.368 e. The highest BCUT2D eigenvalue weighted by molar-refractivity contribution is 9.10. The average molecular weight is 303 g/mol. The van der Waals surface area contributed by atoms with Crippen molar-refractivity contribution in [2.24, 2.45) is 0 Å². The second-order valence-electron chi connectivity index (χ2n) is 3.28. The molecule has 0 atom stereocenters. The predicted octanol–water partition coefficient (Wildman–Crippen LogP) is 2.72. The molecule has 0 radical (unpaired) electrons. The lowest BCUT2D eigenvalue weighted by Crippen LogP contribution is -2.03. The molecule has 16 heavy (non-hydrogen) atoms. The fourth-order valence-corrected chi connectivity index (χ4v) is 2.11. The number of aryl methyl sites for hydroxylation is 1. The van der Waals surface area contributed by atoms with Crippen LogP contribution in [-0.2, 0) is 0 Å². The zero-order valence-corrected chi connectivity index (χ0v) is 10.7. The highest BCUT2D eigenvalue weighted by Crippen LogP contribution is 2.24. The van der Waals surface area contributed by atoms with E-state index in [1.54, 1.807) is 6.07 Å². The van der Waals surface area contributed by atoms with Crippen LogP contribution in [-0.4, -0.2) is 14.8 Å². The fraction of sp³-hybridized carbons (Fsp3) is 0.111. The number of H-pyrrole nitrogens is 1. The first-order valence-electron chi connectivity index (χ1n) is 4.39. The molecule has 0 unspecified atom stereocenters. The minimum absolute atomic E-state index is 0.204. The van der Waals surface area contributed by atoms with Crippen LogP contribution in [0.25, 0.3) is 5.69 Å². The maximum Gasteiger partial charge on any atom is 0.225 e. The van der Waals surface area contributed by atoms with E-state index in [1.807, 2.05) is 6.92 Å². The Kier molecular flexibility index (Phi) is 2.81. The molecule has 1 heterocycles. The molecule has 1 aromatic carbocycles. The monoisotopic (exact) mass is 302 g/mol. The van der Waals surface area contributed by atoms with Crippen LogP contribution in [0.3, 0.4) is 0 Å². The third kappa shape index (κ3) is 1.76. The van der Waals surface area contributed by atoms with Gasteiger partial charge in [-0.1, -0.05) is 0 Å². The molecule has 0 spiro atoms. The van der Waals surface area contributed by atoms with Crippen molar-refractivity contribution in [3.05, 3.63) is 32.8 Å². The molecule has 4 nitrogen and oxygen atoms in total. The molecule has 0 fully saturated rings. The third-order valence-corrected chi connectivity index (χ3v) is 3.06. The number of hydrogen-bond donors (Lipinski definition) is 2. The van der Waals surface area contributed by atoms with Crippen LogP contribution in [0.1, 0.15) is 5.56 Å². The lowest BCUT2D eigenvalue weighted by atomic mass is 10.2. The maximum atomic E-state index is 13.4. The van der Waals surface area contributed by atoms with Crippen molar-refractivity contribution >= 4 is 34.1 Å². The van der Waals surface area contributed by atoms with Crippen molar-refractivity contribution in [1.29, 1.82) is 0 Å². The number of hydrogen-bond acceptors (Lipinski definition) is 3. The Morgan fingerprint density at radius 1 is 1.56 bits per heavy atom. The average Bonchev–Trinajstić information content (AvgIpc) is 2.53. The first-order chi connectivity index (χ1) is 7.50. The summed E-state index contributed by atoms with van der Waals surface area (Å²) in [7, 11) is 0. The molecule has 0 amide bonds. The number of aromatic nitrogens is 3. The van der Waals surface area contributed by atoms with Crippen molar-refractivity contribution in [2.75, 3.05) is 5.73 Å². The zero-order chi connectivity index (χ0) is 11.9. The summed E-state index contributed by atoms with van der Waals surface area (Å²) in [5.74, 6) is -0.169. The first-order valence-corrected chi connectivity index (χ1v) is 5.59. The van der Waals surface area contributed by atoms with E-state index < -0.39 is 0 Å². The smallest absolute Gasteiger partial charge is 0.225 e. The van der Waals surface area contributed by atoms with Gasteiger partial charge in [0.05, 0.1) is 10.2 Å². The molecule has 2 aromatic rings. The van der Waals surface area contributed by atoms with Gasteiger partial charge in [0.1, 0.15) is 5.82 Å². The number of halogens is 2. The molecule has 0 saturated carbocycles. The van der Waals surface area contributed by atoms with E-state index >= 15 is 0 Å². The SMILES string of the molecule is Cc1cc(Br)c(F)cc1-n1c(N)n[nH]c1=S. The van der Waals surface area contributed by atoms with E-state index in [9.17, 15) is 4.39 Å². The van der Waals surface area contributed by atoms with Crippen molar-refractivity contribution < 1.29 is 4.39 Å². The molecule has 0 aliphatic carbocycles. The number of nitrogens with one attached hydrogen (secondary N) is 1.